The molecule has 0 unspecified atom stereocenters. The molecule has 2 aliphatic rings. The summed E-state index contributed by atoms with van der Waals surface area (Å²) in [7, 11) is 0. The fourth-order valence-corrected chi connectivity index (χ4v) is 5.33. The molecular weight excluding hydrogens is 504 g/mol. The summed E-state index contributed by atoms with van der Waals surface area (Å²) in [5.41, 5.74) is -3.71. The van der Waals surface area contributed by atoms with Gasteiger partial charge >= 0.3 is 6.09 Å². The van der Waals surface area contributed by atoms with E-state index in [-0.39, 0.29) is 40.9 Å². The van der Waals surface area contributed by atoms with E-state index in [1.807, 2.05) is 0 Å². The van der Waals surface area contributed by atoms with E-state index in [2.05, 4.69) is 25.6 Å². The zero-order valence-electron chi connectivity index (χ0n) is 21.2. The van der Waals surface area contributed by atoms with Gasteiger partial charge in [0.25, 0.3) is 5.91 Å². The number of alkyl halides is 1. The van der Waals surface area contributed by atoms with Gasteiger partial charge in [0.1, 0.15) is 22.7 Å². The molecule has 2 amide bonds. The van der Waals surface area contributed by atoms with E-state index in [1.54, 1.807) is 34.6 Å². The highest BCUT2D eigenvalue weighted by molar-refractivity contribution is 8.14. The summed E-state index contributed by atoms with van der Waals surface area (Å²) in [6, 6.07) is 3.84. The number of carbonyl (C=O) groups excluding carboxylic acids is 2. The summed E-state index contributed by atoms with van der Waals surface area (Å²) < 4.78 is 43.1. The molecule has 37 heavy (non-hydrogen) atoms. The van der Waals surface area contributed by atoms with Crippen LogP contribution >= 0.6 is 11.8 Å². The van der Waals surface area contributed by atoms with Crippen LogP contribution < -0.4 is 10.6 Å². The third-order valence-electron chi connectivity index (χ3n) is 5.95. The molecule has 2 aromatic rings. The average molecular weight is 534 g/mol. The molecule has 0 spiro atoms. The van der Waals surface area contributed by atoms with Crippen molar-refractivity contribution in [3.63, 3.8) is 0 Å². The van der Waals surface area contributed by atoms with Gasteiger partial charge in [0, 0.05) is 29.6 Å². The lowest BCUT2D eigenvalue weighted by atomic mass is 9.72. The molecular formula is C25H29F2N5O4S. The molecule has 9 nitrogen and oxygen atoms in total. The van der Waals surface area contributed by atoms with Crippen LogP contribution in [0, 0.1) is 12.7 Å². The summed E-state index contributed by atoms with van der Waals surface area (Å²) in [5, 5.41) is 5.29. The minimum atomic E-state index is -1.99. The van der Waals surface area contributed by atoms with E-state index in [0.29, 0.717) is 5.69 Å². The Morgan fingerprint density at radius 1 is 1.22 bits per heavy atom. The highest BCUT2D eigenvalue weighted by atomic mass is 32.2. The van der Waals surface area contributed by atoms with E-state index in [0.717, 1.165) is 17.8 Å². The molecule has 0 saturated carbocycles. The number of aliphatic imine (C=N–C) groups is 1. The minimum Gasteiger partial charge on any atom is -0.444 e. The second kappa shape index (κ2) is 9.97. The van der Waals surface area contributed by atoms with Crippen molar-refractivity contribution in [1.29, 1.82) is 0 Å². The molecule has 1 aromatic heterocycles. The molecule has 0 radical (unpaired) electrons. The molecule has 3 atom stereocenters. The maximum atomic E-state index is 16.6. The monoisotopic (exact) mass is 533 g/mol. The van der Waals surface area contributed by atoms with Crippen molar-refractivity contribution in [2.24, 2.45) is 4.99 Å². The van der Waals surface area contributed by atoms with Crippen molar-refractivity contribution >= 4 is 34.6 Å². The van der Waals surface area contributed by atoms with Crippen LogP contribution in [0.15, 0.2) is 35.6 Å². The number of fused-ring (bicyclic) bond motifs is 1. The number of hydrogen-bond acceptors (Lipinski definition) is 8. The second-order valence-corrected chi connectivity index (χ2v) is 11.1. The first kappa shape index (κ1) is 26.9. The van der Waals surface area contributed by atoms with Crippen molar-refractivity contribution in [3.05, 3.63) is 53.4 Å². The SMILES string of the molecule is Cc1cnc(C(=O)Nc2ccc(F)c([C@]34CO[C@@H](C)C[C@@]3(F)CSC(NC(=O)OC(C)(C)C)=N4)c2)cn1. The number of amides is 2. The van der Waals surface area contributed by atoms with Crippen molar-refractivity contribution < 1.29 is 27.8 Å². The number of aryl methyl sites for hydroxylation is 1. The number of rotatable bonds is 3. The largest absolute Gasteiger partial charge is 0.444 e. The number of nitrogens with one attached hydrogen (secondary N) is 2. The Morgan fingerprint density at radius 2 is 1.97 bits per heavy atom. The standard InChI is InChI=1S/C25H29F2N5O4S/c1-14-10-29-19(11-28-14)20(33)30-16-6-7-18(26)17(8-16)25-12-35-15(2)9-24(25,27)13-37-21(32-25)31-22(34)36-23(3,4)5/h6-8,10-11,15H,9,12-13H2,1-5H3,(H,30,33)(H,31,32,34)/t15-,24+,25+/m0/s1. The molecule has 4 rings (SSSR count). The Hall–Kier alpha value is -3.12. The van der Waals surface area contributed by atoms with Crippen LogP contribution in [0.3, 0.4) is 0 Å². The number of ether oxygens (including phenoxy) is 2. The molecule has 1 saturated heterocycles. The Bertz CT molecular complexity index is 1240. The predicted molar refractivity (Wildman–Crippen MR) is 136 cm³/mol. The highest BCUT2D eigenvalue weighted by Crippen LogP contribution is 2.52. The Labute approximate surface area is 217 Å². The number of amidine groups is 1. The van der Waals surface area contributed by atoms with E-state index in [1.165, 1.54) is 24.5 Å². The number of benzene rings is 1. The Kier molecular flexibility index (Phi) is 7.26. The van der Waals surface area contributed by atoms with Gasteiger partial charge in [0.15, 0.2) is 10.8 Å². The molecule has 0 bridgehead atoms. The van der Waals surface area contributed by atoms with Gasteiger partial charge in [0.05, 0.1) is 24.6 Å². The lowest BCUT2D eigenvalue weighted by molar-refractivity contribution is -0.107. The van der Waals surface area contributed by atoms with Crippen LogP contribution in [0.25, 0.3) is 0 Å². The van der Waals surface area contributed by atoms with E-state index >= 15 is 8.78 Å². The minimum absolute atomic E-state index is 0.0296. The quantitative estimate of drug-likeness (QED) is 0.596. The molecule has 2 aliphatic heterocycles. The summed E-state index contributed by atoms with van der Waals surface area (Å²) in [6.45, 7) is 8.36. The number of anilines is 1. The van der Waals surface area contributed by atoms with E-state index in [4.69, 9.17) is 9.47 Å². The van der Waals surface area contributed by atoms with Crippen LogP contribution in [0.2, 0.25) is 0 Å². The van der Waals surface area contributed by atoms with Crippen LogP contribution in [0.5, 0.6) is 0 Å². The van der Waals surface area contributed by atoms with Crippen molar-refractivity contribution in [2.75, 3.05) is 17.7 Å². The van der Waals surface area contributed by atoms with Gasteiger partial charge in [-0.2, -0.15) is 0 Å². The fourth-order valence-electron chi connectivity index (χ4n) is 4.23. The predicted octanol–water partition coefficient (Wildman–Crippen LogP) is 4.52. The first-order chi connectivity index (χ1) is 17.3. The zero-order chi connectivity index (χ0) is 27.0. The second-order valence-electron chi connectivity index (χ2n) is 10.2. The normalized spacial score (nSPS) is 25.5. The molecule has 12 heteroatoms. The van der Waals surface area contributed by atoms with Crippen LogP contribution in [0.4, 0.5) is 19.3 Å². The molecule has 1 fully saturated rings. The van der Waals surface area contributed by atoms with Crippen molar-refractivity contribution in [3.8, 4) is 0 Å². The molecule has 3 heterocycles. The van der Waals surface area contributed by atoms with Gasteiger partial charge in [-0.25, -0.2) is 23.6 Å². The van der Waals surface area contributed by atoms with Crippen LogP contribution in [-0.2, 0) is 15.0 Å². The number of alkyl carbamates (subject to hydrolysis) is 1. The summed E-state index contributed by atoms with van der Waals surface area (Å²) in [5.74, 6) is -1.37. The average Bonchev–Trinajstić information content (AvgIpc) is 2.79. The summed E-state index contributed by atoms with van der Waals surface area (Å²) in [6.07, 6.45) is 1.58. The Morgan fingerprint density at radius 3 is 2.65 bits per heavy atom. The first-order valence-corrected chi connectivity index (χ1v) is 12.7. The lowest BCUT2D eigenvalue weighted by Gasteiger charge is -2.50. The molecule has 2 N–H and O–H groups in total. The van der Waals surface area contributed by atoms with Crippen LogP contribution in [0.1, 0.15) is 55.9 Å². The number of thioether (sulfide) groups is 1. The van der Waals surface area contributed by atoms with E-state index in [9.17, 15) is 9.59 Å². The van der Waals surface area contributed by atoms with Gasteiger partial charge in [0.2, 0.25) is 0 Å². The lowest BCUT2D eigenvalue weighted by Crippen LogP contribution is -2.61. The fraction of sp³-hybridized carbons (Fsp3) is 0.480. The maximum absolute atomic E-state index is 16.6. The van der Waals surface area contributed by atoms with Gasteiger partial charge in [-0.15, -0.1) is 0 Å². The Balaban J connectivity index is 1.71. The van der Waals surface area contributed by atoms with Crippen molar-refractivity contribution in [2.45, 2.75) is 64.0 Å². The van der Waals surface area contributed by atoms with Gasteiger partial charge < -0.3 is 14.8 Å². The molecule has 0 aliphatic carbocycles. The number of hydrogen-bond donors (Lipinski definition) is 2. The van der Waals surface area contributed by atoms with Gasteiger partial charge in [-0.3, -0.25) is 15.1 Å². The summed E-state index contributed by atoms with van der Waals surface area (Å²) >= 11 is 1.02. The van der Waals surface area contributed by atoms with Crippen molar-refractivity contribution in [1.82, 2.24) is 15.3 Å². The molecule has 198 valence electrons. The first-order valence-electron chi connectivity index (χ1n) is 11.7. The van der Waals surface area contributed by atoms with E-state index < -0.39 is 40.7 Å². The number of aromatic nitrogens is 2. The zero-order valence-corrected chi connectivity index (χ0v) is 22.0. The summed E-state index contributed by atoms with van der Waals surface area (Å²) in [4.78, 5) is 37.7. The molecule has 1 aromatic carbocycles. The van der Waals surface area contributed by atoms with Crippen LogP contribution in [-0.4, -0.2) is 56.9 Å². The maximum Gasteiger partial charge on any atom is 0.413 e. The topological polar surface area (TPSA) is 115 Å². The number of carbonyl (C=O) groups is 2. The van der Waals surface area contributed by atoms with Gasteiger partial charge in [-0.1, -0.05) is 11.8 Å². The number of nitrogens with zero attached hydrogens (tertiary/aromatic N) is 3. The highest BCUT2D eigenvalue weighted by Gasteiger charge is 2.60. The third-order valence-corrected chi connectivity index (χ3v) is 7.02. The third kappa shape index (κ3) is 5.74. The smallest absolute Gasteiger partial charge is 0.413 e. The number of halogens is 2. The van der Waals surface area contributed by atoms with Gasteiger partial charge in [-0.05, 0) is 52.8 Å².